The summed E-state index contributed by atoms with van der Waals surface area (Å²) in [6.45, 7) is 2.42. The van der Waals surface area contributed by atoms with Crippen LogP contribution in [0.4, 0.5) is 0 Å². The van der Waals surface area contributed by atoms with Gasteiger partial charge in [0.05, 0.1) is 13.2 Å². The zero-order valence-electron chi connectivity index (χ0n) is 17.8. The van der Waals surface area contributed by atoms with Gasteiger partial charge in [0.25, 0.3) is 0 Å². The minimum Gasteiger partial charge on any atom is -0.388 e. The van der Waals surface area contributed by atoms with Crippen molar-refractivity contribution in [3.05, 3.63) is 12.2 Å². The Morgan fingerprint density at radius 1 is 0.786 bits per heavy atom. The lowest BCUT2D eigenvalue weighted by atomic mass is 10.1. The van der Waals surface area contributed by atoms with Crippen molar-refractivity contribution in [2.24, 2.45) is 0 Å². The number of phosphoric acid groups is 1. The molecule has 1 atom stereocenters. The van der Waals surface area contributed by atoms with Gasteiger partial charge in [-0.25, -0.2) is 4.57 Å². The predicted molar refractivity (Wildman–Crippen MR) is 114 cm³/mol. The predicted octanol–water partition coefficient (Wildman–Crippen LogP) is 5.51. The van der Waals surface area contributed by atoms with E-state index in [1.165, 1.54) is 77.0 Å². The van der Waals surface area contributed by atoms with Crippen LogP contribution in [0.15, 0.2) is 12.2 Å². The van der Waals surface area contributed by atoms with E-state index in [2.05, 4.69) is 23.6 Å². The molecule has 0 aliphatic rings. The summed E-state index contributed by atoms with van der Waals surface area (Å²) in [6.07, 6.45) is 21.2. The highest BCUT2D eigenvalue weighted by molar-refractivity contribution is 7.46. The van der Waals surface area contributed by atoms with Crippen LogP contribution in [0.2, 0.25) is 0 Å². The van der Waals surface area contributed by atoms with Gasteiger partial charge in [-0.05, 0) is 32.1 Å². The van der Waals surface area contributed by atoms with Crippen LogP contribution in [0.5, 0.6) is 0 Å². The van der Waals surface area contributed by atoms with Crippen molar-refractivity contribution in [3.8, 4) is 0 Å². The Kier molecular flexibility index (Phi) is 19.9. The zero-order valence-corrected chi connectivity index (χ0v) is 18.7. The van der Waals surface area contributed by atoms with Crippen molar-refractivity contribution in [1.82, 2.24) is 0 Å². The standard InChI is InChI=1S/C21H43O6P/c1-2-3-4-5-6-7-8-9-10-11-12-13-14-15-16-17-18-26-19-21(22)20-27-28(23,24)25/h9-10,21-22H,2-8,11-20H2,1H3,(H2,23,24,25)/b10-9-. The quantitative estimate of drug-likeness (QED) is 0.128. The van der Waals surface area contributed by atoms with Gasteiger partial charge in [-0.3, -0.25) is 4.52 Å². The normalized spacial score (nSPS) is 13.4. The molecule has 0 bridgehead atoms. The Labute approximate surface area is 172 Å². The maximum Gasteiger partial charge on any atom is 0.469 e. The third-order valence-electron chi connectivity index (χ3n) is 4.55. The van der Waals surface area contributed by atoms with Crippen molar-refractivity contribution >= 4 is 7.82 Å². The van der Waals surface area contributed by atoms with Crippen LogP contribution in [0.1, 0.15) is 96.8 Å². The fraction of sp³-hybridized carbons (Fsp3) is 0.905. The van der Waals surface area contributed by atoms with Crippen molar-refractivity contribution < 1.29 is 28.7 Å². The van der Waals surface area contributed by atoms with Gasteiger partial charge in [-0.2, -0.15) is 0 Å². The molecule has 0 aliphatic carbocycles. The van der Waals surface area contributed by atoms with Crippen LogP contribution >= 0.6 is 7.82 Å². The molecule has 0 aromatic heterocycles. The minimum absolute atomic E-state index is 0.0328. The van der Waals surface area contributed by atoms with Gasteiger partial charge in [0, 0.05) is 6.61 Å². The topological polar surface area (TPSA) is 96.2 Å². The summed E-state index contributed by atoms with van der Waals surface area (Å²) in [4.78, 5) is 17.1. The summed E-state index contributed by atoms with van der Waals surface area (Å²) >= 11 is 0. The van der Waals surface area contributed by atoms with E-state index in [9.17, 15) is 9.67 Å². The Balaban J connectivity index is 3.21. The molecule has 0 fully saturated rings. The highest BCUT2D eigenvalue weighted by atomic mass is 31.2. The van der Waals surface area contributed by atoms with E-state index in [1.54, 1.807) is 0 Å². The molecule has 1 unspecified atom stereocenters. The Bertz CT molecular complexity index is 396. The summed E-state index contributed by atoms with van der Waals surface area (Å²) in [5, 5.41) is 9.45. The molecule has 0 spiro atoms. The van der Waals surface area contributed by atoms with Crippen LogP contribution in [-0.2, 0) is 13.8 Å². The van der Waals surface area contributed by atoms with Gasteiger partial charge in [0.1, 0.15) is 6.10 Å². The van der Waals surface area contributed by atoms with E-state index >= 15 is 0 Å². The molecule has 0 rings (SSSR count). The fourth-order valence-corrected chi connectivity index (χ4v) is 3.27. The van der Waals surface area contributed by atoms with Gasteiger partial charge < -0.3 is 19.6 Å². The molecule has 0 aromatic carbocycles. The van der Waals surface area contributed by atoms with Crippen LogP contribution in [-0.4, -0.2) is 40.8 Å². The van der Waals surface area contributed by atoms with Crippen molar-refractivity contribution in [2.45, 2.75) is 103 Å². The molecular weight excluding hydrogens is 379 g/mol. The Morgan fingerprint density at radius 2 is 1.29 bits per heavy atom. The molecular formula is C21H43O6P. The number of aliphatic hydroxyl groups excluding tert-OH is 1. The molecule has 0 amide bonds. The smallest absolute Gasteiger partial charge is 0.388 e. The van der Waals surface area contributed by atoms with Crippen LogP contribution < -0.4 is 0 Å². The lowest BCUT2D eigenvalue weighted by molar-refractivity contribution is 0.00476. The largest absolute Gasteiger partial charge is 0.469 e. The average molecular weight is 423 g/mol. The first kappa shape index (κ1) is 27.8. The van der Waals surface area contributed by atoms with Gasteiger partial charge in [0.2, 0.25) is 0 Å². The number of unbranched alkanes of at least 4 members (excludes halogenated alkanes) is 12. The first-order chi connectivity index (χ1) is 13.5. The highest BCUT2D eigenvalue weighted by Crippen LogP contribution is 2.35. The van der Waals surface area contributed by atoms with E-state index in [0.29, 0.717) is 6.61 Å². The second-order valence-corrected chi connectivity index (χ2v) is 8.69. The van der Waals surface area contributed by atoms with Crippen LogP contribution in [0.3, 0.4) is 0 Å². The lowest BCUT2D eigenvalue weighted by Gasteiger charge is -2.12. The number of ether oxygens (including phenoxy) is 1. The van der Waals surface area contributed by atoms with Crippen LogP contribution in [0.25, 0.3) is 0 Å². The number of hydrogen-bond donors (Lipinski definition) is 3. The third-order valence-corrected chi connectivity index (χ3v) is 5.03. The summed E-state index contributed by atoms with van der Waals surface area (Å²) in [6, 6.07) is 0. The van der Waals surface area contributed by atoms with Gasteiger partial charge in [-0.1, -0.05) is 76.9 Å². The van der Waals surface area contributed by atoms with Crippen LogP contribution in [0, 0.1) is 0 Å². The SMILES string of the molecule is CCCCCCCC/C=C\CCCCCCCCOCC(O)COP(=O)(O)O. The Hall–Kier alpha value is -0.230. The first-order valence-electron chi connectivity index (χ1n) is 11.1. The van der Waals surface area contributed by atoms with E-state index in [-0.39, 0.29) is 6.61 Å². The molecule has 3 N–H and O–H groups in total. The molecule has 0 saturated carbocycles. The fourth-order valence-electron chi connectivity index (χ4n) is 2.90. The maximum atomic E-state index is 10.5. The number of allylic oxidation sites excluding steroid dienone is 2. The second kappa shape index (κ2) is 20.1. The Morgan fingerprint density at radius 3 is 1.82 bits per heavy atom. The second-order valence-electron chi connectivity index (χ2n) is 7.45. The van der Waals surface area contributed by atoms with Gasteiger partial charge >= 0.3 is 7.82 Å². The number of aliphatic hydroxyl groups is 1. The van der Waals surface area contributed by atoms with Crippen molar-refractivity contribution in [3.63, 3.8) is 0 Å². The molecule has 28 heavy (non-hydrogen) atoms. The highest BCUT2D eigenvalue weighted by Gasteiger charge is 2.16. The summed E-state index contributed by atoms with van der Waals surface area (Å²) in [7, 11) is -4.52. The monoisotopic (exact) mass is 422 g/mol. The van der Waals surface area contributed by atoms with Gasteiger partial charge in [-0.15, -0.1) is 0 Å². The minimum atomic E-state index is -4.52. The number of rotatable bonds is 21. The third kappa shape index (κ3) is 23.8. The number of hydrogen-bond acceptors (Lipinski definition) is 4. The molecule has 0 saturated heterocycles. The molecule has 0 aliphatic heterocycles. The van der Waals surface area contributed by atoms with E-state index in [0.717, 1.165) is 12.8 Å². The van der Waals surface area contributed by atoms with E-state index in [1.807, 2.05) is 0 Å². The molecule has 7 heteroatoms. The first-order valence-corrected chi connectivity index (χ1v) is 12.6. The van der Waals surface area contributed by atoms with E-state index in [4.69, 9.17) is 14.5 Å². The average Bonchev–Trinajstić information content (AvgIpc) is 2.65. The molecule has 0 aromatic rings. The molecule has 0 heterocycles. The van der Waals surface area contributed by atoms with Gasteiger partial charge in [0.15, 0.2) is 0 Å². The van der Waals surface area contributed by atoms with Crippen molar-refractivity contribution in [1.29, 1.82) is 0 Å². The number of phosphoric ester groups is 1. The van der Waals surface area contributed by atoms with E-state index < -0.39 is 20.5 Å². The summed E-state index contributed by atoms with van der Waals surface area (Å²) < 4.78 is 20.0. The summed E-state index contributed by atoms with van der Waals surface area (Å²) in [5.74, 6) is 0. The van der Waals surface area contributed by atoms with Crippen molar-refractivity contribution in [2.75, 3.05) is 19.8 Å². The zero-order chi connectivity index (χ0) is 20.9. The summed E-state index contributed by atoms with van der Waals surface area (Å²) in [5.41, 5.74) is 0. The lowest BCUT2D eigenvalue weighted by Crippen LogP contribution is -2.21. The maximum absolute atomic E-state index is 10.5. The molecule has 168 valence electrons. The molecule has 6 nitrogen and oxygen atoms in total. The molecule has 0 radical (unpaired) electrons.